The molecule has 0 amide bonds. The van der Waals surface area contributed by atoms with E-state index >= 15 is 0 Å². The minimum atomic E-state index is 0.657. The van der Waals surface area contributed by atoms with E-state index in [4.69, 9.17) is 15.0 Å². The van der Waals surface area contributed by atoms with Crippen molar-refractivity contribution in [2.24, 2.45) is 0 Å². The zero-order valence-electron chi connectivity index (χ0n) is 25.0. The molecule has 0 aliphatic rings. The van der Waals surface area contributed by atoms with Crippen LogP contribution in [0.3, 0.4) is 0 Å². The minimum Gasteiger partial charge on any atom is -0.208 e. The Morgan fingerprint density at radius 2 is 0.889 bits per heavy atom. The number of rotatable bonds is 5. The standard InChI is InChI=1S/C41H29N3S/c1-26-16-20-28(21-17-26)39-42-40(29-22-18-27(2)19-23-29)44-41(43-39)33-11-6-9-31(25-33)30-8-5-10-32(24-30)34-13-7-14-36-35-12-3-4-15-37(35)45-38(34)36/h3-25H,1-2H3. The van der Waals surface area contributed by atoms with Gasteiger partial charge >= 0.3 is 0 Å². The average molecular weight is 596 g/mol. The SMILES string of the molecule is Cc1ccc(-c2nc(-c3ccc(C)cc3)nc(-c3cccc(-c4cccc(-c5cccc6c5sc5ccccc56)c4)c3)n2)cc1. The highest BCUT2D eigenvalue weighted by atomic mass is 32.1. The molecule has 2 aromatic heterocycles. The summed E-state index contributed by atoms with van der Waals surface area (Å²) in [5.41, 5.74) is 10.0. The molecule has 0 radical (unpaired) electrons. The van der Waals surface area contributed by atoms with Crippen LogP contribution in [-0.4, -0.2) is 15.0 Å². The molecule has 0 unspecified atom stereocenters. The molecule has 4 heteroatoms. The Morgan fingerprint density at radius 3 is 1.53 bits per heavy atom. The molecule has 0 saturated carbocycles. The first-order valence-corrected chi connectivity index (χ1v) is 15.9. The molecule has 0 spiro atoms. The minimum absolute atomic E-state index is 0.657. The number of thiophene rings is 1. The molecule has 2 heterocycles. The third-order valence-corrected chi connectivity index (χ3v) is 9.51. The van der Waals surface area contributed by atoms with E-state index in [0.717, 1.165) is 27.8 Å². The number of benzene rings is 6. The van der Waals surface area contributed by atoms with E-state index in [1.165, 1.54) is 42.4 Å². The van der Waals surface area contributed by atoms with Crippen molar-refractivity contribution in [2.45, 2.75) is 13.8 Å². The fraction of sp³-hybridized carbons (Fsp3) is 0.0488. The summed E-state index contributed by atoms with van der Waals surface area (Å²) < 4.78 is 2.64. The quantitative estimate of drug-likeness (QED) is 0.199. The summed E-state index contributed by atoms with van der Waals surface area (Å²) in [5, 5.41) is 2.62. The fourth-order valence-corrected chi connectivity index (χ4v) is 7.09. The van der Waals surface area contributed by atoms with Gasteiger partial charge in [-0.2, -0.15) is 0 Å². The number of fused-ring (bicyclic) bond motifs is 3. The largest absolute Gasteiger partial charge is 0.208 e. The number of nitrogens with zero attached hydrogens (tertiary/aromatic N) is 3. The maximum atomic E-state index is 4.98. The average Bonchev–Trinajstić information content (AvgIpc) is 3.48. The van der Waals surface area contributed by atoms with Gasteiger partial charge in [-0.15, -0.1) is 11.3 Å². The van der Waals surface area contributed by atoms with Crippen molar-refractivity contribution in [3.8, 4) is 56.4 Å². The Balaban J connectivity index is 1.22. The van der Waals surface area contributed by atoms with Crippen molar-refractivity contribution in [3.05, 3.63) is 151 Å². The van der Waals surface area contributed by atoms with Crippen molar-refractivity contribution >= 4 is 31.5 Å². The fourth-order valence-electron chi connectivity index (χ4n) is 5.85. The molecule has 0 aliphatic carbocycles. The highest BCUT2D eigenvalue weighted by Gasteiger charge is 2.14. The van der Waals surface area contributed by atoms with Crippen LogP contribution in [0.4, 0.5) is 0 Å². The van der Waals surface area contributed by atoms with E-state index in [2.05, 4.69) is 153 Å². The molecule has 0 bridgehead atoms. The maximum absolute atomic E-state index is 4.98. The summed E-state index contributed by atoms with van der Waals surface area (Å²) in [6.45, 7) is 4.17. The van der Waals surface area contributed by atoms with Gasteiger partial charge in [-0.05, 0) is 54.3 Å². The maximum Gasteiger partial charge on any atom is 0.164 e. The normalized spacial score (nSPS) is 11.3. The monoisotopic (exact) mass is 595 g/mol. The van der Waals surface area contributed by atoms with Crippen LogP contribution in [0.15, 0.2) is 140 Å². The van der Waals surface area contributed by atoms with E-state index in [0.29, 0.717) is 17.5 Å². The molecule has 0 fully saturated rings. The molecule has 0 N–H and O–H groups in total. The zero-order chi connectivity index (χ0) is 30.3. The topological polar surface area (TPSA) is 38.7 Å². The Bertz CT molecular complexity index is 2270. The molecule has 0 atom stereocenters. The van der Waals surface area contributed by atoms with E-state index in [1.54, 1.807) is 0 Å². The van der Waals surface area contributed by atoms with Crippen LogP contribution in [0.2, 0.25) is 0 Å². The lowest BCUT2D eigenvalue weighted by Gasteiger charge is -2.11. The lowest BCUT2D eigenvalue weighted by molar-refractivity contribution is 1.07. The summed E-state index contributed by atoms with van der Waals surface area (Å²) in [4.78, 5) is 14.9. The highest BCUT2D eigenvalue weighted by Crippen LogP contribution is 2.40. The third-order valence-electron chi connectivity index (χ3n) is 8.29. The molecule has 45 heavy (non-hydrogen) atoms. The molecular weight excluding hydrogens is 567 g/mol. The van der Waals surface area contributed by atoms with Gasteiger partial charge in [-0.3, -0.25) is 0 Å². The van der Waals surface area contributed by atoms with Crippen molar-refractivity contribution in [1.82, 2.24) is 15.0 Å². The predicted molar refractivity (Wildman–Crippen MR) is 189 cm³/mol. The van der Waals surface area contributed by atoms with Crippen LogP contribution in [0, 0.1) is 13.8 Å². The van der Waals surface area contributed by atoms with Gasteiger partial charge in [-0.25, -0.2) is 15.0 Å². The second-order valence-corrected chi connectivity index (χ2v) is 12.5. The first-order chi connectivity index (χ1) is 22.1. The number of hydrogen-bond donors (Lipinski definition) is 0. The Kier molecular flexibility index (Phi) is 6.77. The molecular formula is C41H29N3S. The first kappa shape index (κ1) is 27.1. The van der Waals surface area contributed by atoms with Gasteiger partial charge in [0.2, 0.25) is 0 Å². The Labute approximate surface area is 266 Å². The van der Waals surface area contributed by atoms with Gasteiger partial charge in [-0.1, -0.05) is 132 Å². The second-order valence-electron chi connectivity index (χ2n) is 11.5. The third kappa shape index (κ3) is 5.20. The van der Waals surface area contributed by atoms with E-state index in [1.807, 2.05) is 11.3 Å². The number of aromatic nitrogens is 3. The van der Waals surface area contributed by atoms with Gasteiger partial charge in [0.15, 0.2) is 17.5 Å². The lowest BCUT2D eigenvalue weighted by Crippen LogP contribution is -2.00. The Morgan fingerprint density at radius 1 is 0.400 bits per heavy atom. The van der Waals surface area contributed by atoms with E-state index in [9.17, 15) is 0 Å². The molecule has 8 aromatic rings. The Hall–Kier alpha value is -5.45. The van der Waals surface area contributed by atoms with Crippen LogP contribution in [0.1, 0.15) is 11.1 Å². The summed E-state index contributed by atoms with van der Waals surface area (Å²) >= 11 is 1.86. The van der Waals surface area contributed by atoms with Gasteiger partial charge in [0.25, 0.3) is 0 Å². The van der Waals surface area contributed by atoms with Gasteiger partial charge < -0.3 is 0 Å². The molecule has 0 aliphatic heterocycles. The van der Waals surface area contributed by atoms with Crippen molar-refractivity contribution in [2.75, 3.05) is 0 Å². The number of hydrogen-bond acceptors (Lipinski definition) is 4. The van der Waals surface area contributed by atoms with Crippen LogP contribution in [0.25, 0.3) is 76.6 Å². The summed E-state index contributed by atoms with van der Waals surface area (Å²) in [7, 11) is 0. The van der Waals surface area contributed by atoms with E-state index < -0.39 is 0 Å². The van der Waals surface area contributed by atoms with Crippen molar-refractivity contribution < 1.29 is 0 Å². The van der Waals surface area contributed by atoms with Crippen LogP contribution in [-0.2, 0) is 0 Å². The summed E-state index contributed by atoms with van der Waals surface area (Å²) in [6, 6.07) is 49.3. The van der Waals surface area contributed by atoms with Gasteiger partial charge in [0, 0.05) is 36.9 Å². The molecule has 3 nitrogen and oxygen atoms in total. The van der Waals surface area contributed by atoms with Gasteiger partial charge in [0.1, 0.15) is 0 Å². The smallest absolute Gasteiger partial charge is 0.164 e. The molecule has 0 saturated heterocycles. The van der Waals surface area contributed by atoms with Crippen LogP contribution in [0.5, 0.6) is 0 Å². The van der Waals surface area contributed by atoms with E-state index in [-0.39, 0.29) is 0 Å². The molecule has 214 valence electrons. The van der Waals surface area contributed by atoms with Crippen molar-refractivity contribution in [1.29, 1.82) is 0 Å². The number of aryl methyl sites for hydroxylation is 2. The van der Waals surface area contributed by atoms with Crippen LogP contribution >= 0.6 is 11.3 Å². The zero-order valence-corrected chi connectivity index (χ0v) is 25.8. The van der Waals surface area contributed by atoms with Gasteiger partial charge in [0.05, 0.1) is 0 Å². The van der Waals surface area contributed by atoms with Crippen LogP contribution < -0.4 is 0 Å². The van der Waals surface area contributed by atoms with Crippen molar-refractivity contribution in [3.63, 3.8) is 0 Å². The summed E-state index contributed by atoms with van der Waals surface area (Å²) in [6.07, 6.45) is 0. The second kappa shape index (κ2) is 11.2. The summed E-state index contributed by atoms with van der Waals surface area (Å²) in [5.74, 6) is 1.99. The molecule has 6 aromatic carbocycles. The lowest BCUT2D eigenvalue weighted by atomic mass is 9.97. The highest BCUT2D eigenvalue weighted by molar-refractivity contribution is 7.26. The predicted octanol–water partition coefficient (Wildman–Crippen LogP) is 11.2. The first-order valence-electron chi connectivity index (χ1n) is 15.1. The molecule has 8 rings (SSSR count).